The molecule has 0 aliphatic rings. The minimum Gasteiger partial charge on any atom is -0.496 e. The summed E-state index contributed by atoms with van der Waals surface area (Å²) >= 11 is 0. The Morgan fingerprint density at radius 1 is 1.56 bits per heavy atom. The van der Waals surface area contributed by atoms with Crippen molar-refractivity contribution in [1.82, 2.24) is 4.98 Å². The van der Waals surface area contributed by atoms with E-state index in [0.717, 1.165) is 16.5 Å². The van der Waals surface area contributed by atoms with Crippen molar-refractivity contribution in [3.05, 3.63) is 29.5 Å². The smallest absolute Gasteiger partial charge is 0.307 e. The number of ether oxygens (including phenoxy) is 1. The zero-order valence-corrected chi connectivity index (χ0v) is 9.13. The molecular weight excluding hydrogens is 206 g/mol. The van der Waals surface area contributed by atoms with Crippen LogP contribution in [0.25, 0.3) is 10.9 Å². The number of hydrogen-bond donors (Lipinski definition) is 2. The molecule has 4 heteroatoms. The topological polar surface area (TPSA) is 62.3 Å². The van der Waals surface area contributed by atoms with E-state index in [9.17, 15) is 4.79 Å². The molecule has 2 rings (SSSR count). The van der Waals surface area contributed by atoms with Gasteiger partial charge in [-0.3, -0.25) is 4.79 Å². The van der Waals surface area contributed by atoms with Crippen molar-refractivity contribution in [2.45, 2.75) is 13.3 Å². The number of benzene rings is 1. The highest BCUT2D eigenvalue weighted by Gasteiger charge is 2.13. The highest BCUT2D eigenvalue weighted by Crippen LogP contribution is 2.31. The highest BCUT2D eigenvalue weighted by molar-refractivity contribution is 5.91. The lowest BCUT2D eigenvalue weighted by molar-refractivity contribution is -0.136. The van der Waals surface area contributed by atoms with Gasteiger partial charge in [-0.25, -0.2) is 0 Å². The van der Waals surface area contributed by atoms with Gasteiger partial charge in [0.1, 0.15) is 5.75 Å². The maximum absolute atomic E-state index is 10.7. The number of nitrogens with one attached hydrogen (secondary N) is 1. The van der Waals surface area contributed by atoms with Gasteiger partial charge in [-0.1, -0.05) is 6.07 Å². The first kappa shape index (κ1) is 10.5. The molecule has 1 aromatic carbocycles. The number of H-pyrrole nitrogens is 1. The van der Waals surface area contributed by atoms with E-state index in [-0.39, 0.29) is 6.42 Å². The van der Waals surface area contributed by atoms with Crippen LogP contribution in [0.15, 0.2) is 12.1 Å². The molecule has 0 saturated carbocycles. The molecule has 0 aliphatic heterocycles. The van der Waals surface area contributed by atoms with Crippen LogP contribution in [0.1, 0.15) is 11.1 Å². The van der Waals surface area contributed by atoms with E-state index in [1.807, 2.05) is 13.0 Å². The third-order valence-electron chi connectivity index (χ3n) is 2.54. The molecule has 0 amide bonds. The second kappa shape index (κ2) is 3.89. The monoisotopic (exact) mass is 218 g/mol. The van der Waals surface area contributed by atoms with Crippen molar-refractivity contribution in [1.29, 1.82) is 0 Å². The molecule has 1 aromatic heterocycles. The van der Waals surface area contributed by atoms with Crippen molar-refractivity contribution in [3.63, 3.8) is 0 Å². The van der Waals surface area contributed by atoms with Crippen LogP contribution in [-0.2, 0) is 11.2 Å². The molecule has 1 heterocycles. The van der Waals surface area contributed by atoms with Gasteiger partial charge in [0.25, 0.3) is 0 Å². The zero-order chi connectivity index (χ0) is 11.7. The first-order chi connectivity index (χ1) is 7.63. The zero-order valence-electron chi connectivity index (χ0n) is 9.13. The van der Waals surface area contributed by atoms with E-state index >= 15 is 0 Å². The summed E-state index contributed by atoms with van der Waals surface area (Å²) in [5.41, 5.74) is 2.51. The third kappa shape index (κ3) is 1.62. The Hall–Kier alpha value is -1.97. The Labute approximate surface area is 92.9 Å². The number of carboxylic acid groups (broad SMARTS) is 1. The van der Waals surface area contributed by atoms with Gasteiger partial charge in [0, 0.05) is 16.5 Å². The number of methoxy groups -OCH3 is 1. The molecule has 0 atom stereocenters. The Kier molecular flexibility index (Phi) is 2.56. The van der Waals surface area contributed by atoms with Crippen molar-refractivity contribution >= 4 is 16.9 Å². The molecular formula is C12H12NO3. The van der Waals surface area contributed by atoms with Gasteiger partial charge in [-0.05, 0) is 18.6 Å². The quantitative estimate of drug-likeness (QED) is 0.827. The molecule has 2 aromatic rings. The van der Waals surface area contributed by atoms with Crippen LogP contribution in [0.3, 0.4) is 0 Å². The van der Waals surface area contributed by atoms with E-state index in [4.69, 9.17) is 9.84 Å². The summed E-state index contributed by atoms with van der Waals surface area (Å²) in [4.78, 5) is 13.7. The number of aryl methyl sites for hydroxylation is 1. The van der Waals surface area contributed by atoms with Gasteiger partial charge in [0.2, 0.25) is 0 Å². The first-order valence-corrected chi connectivity index (χ1v) is 4.91. The molecule has 0 aliphatic carbocycles. The number of carboxylic acids is 1. The average Bonchev–Trinajstić information content (AvgIpc) is 2.60. The molecule has 1 radical (unpaired) electrons. The summed E-state index contributed by atoms with van der Waals surface area (Å²) in [6, 6.07) is 3.61. The predicted molar refractivity (Wildman–Crippen MR) is 59.8 cm³/mol. The van der Waals surface area contributed by atoms with Gasteiger partial charge in [0.05, 0.1) is 19.7 Å². The number of rotatable bonds is 3. The van der Waals surface area contributed by atoms with E-state index in [1.165, 1.54) is 0 Å². The average molecular weight is 218 g/mol. The number of hydrogen-bond acceptors (Lipinski definition) is 2. The number of aromatic amines is 1. The Morgan fingerprint density at radius 2 is 2.31 bits per heavy atom. The number of aromatic nitrogens is 1. The van der Waals surface area contributed by atoms with E-state index < -0.39 is 5.97 Å². The fraction of sp³-hybridized carbons (Fsp3) is 0.250. The molecule has 0 saturated heterocycles. The molecule has 83 valence electrons. The standard InChI is InChI=1S/C12H12NO3/c1-7-6-13-9-4-3-8(5-10(14)15)12(16-2)11(7)9/h3-4,13H,5H2,1-2H3,(H,14,15). The van der Waals surface area contributed by atoms with Crippen molar-refractivity contribution in [2.24, 2.45) is 0 Å². The summed E-state index contributed by atoms with van der Waals surface area (Å²) in [6.45, 7) is 1.91. The fourth-order valence-corrected chi connectivity index (χ4v) is 1.86. The normalized spacial score (nSPS) is 10.6. The van der Waals surface area contributed by atoms with E-state index in [0.29, 0.717) is 11.3 Å². The summed E-state index contributed by atoms with van der Waals surface area (Å²) in [5.74, 6) is -0.246. The maximum atomic E-state index is 10.7. The van der Waals surface area contributed by atoms with Crippen molar-refractivity contribution < 1.29 is 14.6 Å². The molecule has 16 heavy (non-hydrogen) atoms. The SMILES string of the molecule is COc1c(CC(=O)O)ccc2[nH][c]c(C)c12. The molecule has 0 unspecified atom stereocenters. The number of fused-ring (bicyclic) bond motifs is 1. The first-order valence-electron chi connectivity index (χ1n) is 4.91. The highest BCUT2D eigenvalue weighted by atomic mass is 16.5. The van der Waals surface area contributed by atoms with Gasteiger partial charge in [0.15, 0.2) is 0 Å². The molecule has 0 bridgehead atoms. The van der Waals surface area contributed by atoms with Crippen LogP contribution in [0.2, 0.25) is 0 Å². The van der Waals surface area contributed by atoms with Gasteiger partial charge in [-0.15, -0.1) is 0 Å². The van der Waals surface area contributed by atoms with E-state index in [1.54, 1.807) is 13.2 Å². The van der Waals surface area contributed by atoms with Crippen molar-refractivity contribution in [3.8, 4) is 5.75 Å². The Balaban J connectivity index is 2.66. The lowest BCUT2D eigenvalue weighted by atomic mass is 10.1. The molecule has 0 spiro atoms. The van der Waals surface area contributed by atoms with Gasteiger partial charge >= 0.3 is 5.97 Å². The van der Waals surface area contributed by atoms with Crippen molar-refractivity contribution in [2.75, 3.05) is 7.11 Å². The van der Waals surface area contributed by atoms with Gasteiger partial charge in [-0.2, -0.15) is 0 Å². The van der Waals surface area contributed by atoms with Crippen LogP contribution in [0.5, 0.6) is 5.75 Å². The maximum Gasteiger partial charge on any atom is 0.307 e. The largest absolute Gasteiger partial charge is 0.496 e. The number of carbonyl (C=O) groups is 1. The summed E-state index contributed by atoms with van der Waals surface area (Å²) in [7, 11) is 1.55. The Bertz CT molecular complexity index is 542. The lowest BCUT2D eigenvalue weighted by Crippen LogP contribution is -2.02. The summed E-state index contributed by atoms with van der Waals surface area (Å²) < 4.78 is 5.30. The van der Waals surface area contributed by atoms with E-state index in [2.05, 4.69) is 11.2 Å². The number of aliphatic carboxylic acids is 1. The molecule has 0 fully saturated rings. The molecule has 2 N–H and O–H groups in total. The fourth-order valence-electron chi connectivity index (χ4n) is 1.86. The Morgan fingerprint density at radius 3 is 2.94 bits per heavy atom. The summed E-state index contributed by atoms with van der Waals surface area (Å²) in [5, 5.41) is 9.71. The van der Waals surface area contributed by atoms with Gasteiger partial charge < -0.3 is 14.8 Å². The minimum atomic E-state index is -0.866. The van der Waals surface area contributed by atoms with Crippen LogP contribution in [0.4, 0.5) is 0 Å². The van der Waals surface area contributed by atoms with Crippen LogP contribution >= 0.6 is 0 Å². The van der Waals surface area contributed by atoms with Crippen LogP contribution in [-0.4, -0.2) is 23.2 Å². The minimum absolute atomic E-state index is 0.0380. The second-order valence-corrected chi connectivity index (χ2v) is 3.63. The van der Waals surface area contributed by atoms with Crippen LogP contribution in [0, 0.1) is 13.1 Å². The molecule has 4 nitrogen and oxygen atoms in total. The lowest BCUT2D eigenvalue weighted by Gasteiger charge is -2.08. The predicted octanol–water partition coefficient (Wildman–Crippen LogP) is 1.91. The second-order valence-electron chi connectivity index (χ2n) is 3.63. The third-order valence-corrected chi connectivity index (χ3v) is 2.54. The summed E-state index contributed by atoms with van der Waals surface area (Å²) in [6.07, 6.45) is 2.94. The van der Waals surface area contributed by atoms with Crippen LogP contribution < -0.4 is 4.74 Å².